The molecule has 14 heavy (non-hydrogen) atoms. The minimum absolute atomic E-state index is 0.260. The molecule has 1 rings (SSSR count). The standard InChI is InChI=1S/C11H20O3/c1-10(2)5-4-6-11(14-3,8-7-10)9(12)13/h4-8H2,1-3H3,(H,12,13). The van der Waals surface area contributed by atoms with Crippen LogP contribution in [0.4, 0.5) is 0 Å². The van der Waals surface area contributed by atoms with Crippen molar-refractivity contribution in [2.24, 2.45) is 5.41 Å². The molecule has 0 aliphatic heterocycles. The van der Waals surface area contributed by atoms with Gasteiger partial charge in [0.25, 0.3) is 0 Å². The van der Waals surface area contributed by atoms with E-state index in [9.17, 15) is 4.79 Å². The largest absolute Gasteiger partial charge is 0.479 e. The van der Waals surface area contributed by atoms with Crippen LogP contribution in [-0.2, 0) is 9.53 Å². The summed E-state index contributed by atoms with van der Waals surface area (Å²) >= 11 is 0. The van der Waals surface area contributed by atoms with E-state index in [1.54, 1.807) is 0 Å². The summed E-state index contributed by atoms with van der Waals surface area (Å²) in [6.07, 6.45) is 4.22. The molecule has 1 saturated carbocycles. The van der Waals surface area contributed by atoms with Gasteiger partial charge in [-0.15, -0.1) is 0 Å². The Morgan fingerprint density at radius 1 is 1.21 bits per heavy atom. The second-order valence-corrected chi connectivity index (χ2v) is 5.02. The lowest BCUT2D eigenvalue weighted by Crippen LogP contribution is -2.40. The van der Waals surface area contributed by atoms with Gasteiger partial charge in [0, 0.05) is 7.11 Å². The fourth-order valence-corrected chi connectivity index (χ4v) is 2.15. The van der Waals surface area contributed by atoms with E-state index in [1.165, 1.54) is 7.11 Å². The highest BCUT2D eigenvalue weighted by atomic mass is 16.5. The maximum absolute atomic E-state index is 11.1. The van der Waals surface area contributed by atoms with Gasteiger partial charge in [-0.3, -0.25) is 0 Å². The number of hydrogen-bond acceptors (Lipinski definition) is 2. The first-order valence-electron chi connectivity index (χ1n) is 5.20. The van der Waals surface area contributed by atoms with Crippen LogP contribution >= 0.6 is 0 Å². The van der Waals surface area contributed by atoms with Crippen molar-refractivity contribution in [1.82, 2.24) is 0 Å². The molecular weight excluding hydrogens is 180 g/mol. The third-order valence-corrected chi connectivity index (χ3v) is 3.42. The summed E-state index contributed by atoms with van der Waals surface area (Å²) in [7, 11) is 1.51. The van der Waals surface area contributed by atoms with Crippen molar-refractivity contribution in [3.8, 4) is 0 Å². The van der Waals surface area contributed by atoms with Gasteiger partial charge >= 0.3 is 5.97 Å². The summed E-state index contributed by atoms with van der Waals surface area (Å²) in [6, 6.07) is 0. The maximum atomic E-state index is 11.1. The molecule has 0 saturated heterocycles. The lowest BCUT2D eigenvalue weighted by molar-refractivity contribution is -0.164. The summed E-state index contributed by atoms with van der Waals surface area (Å²) in [4.78, 5) is 11.1. The van der Waals surface area contributed by atoms with Crippen LogP contribution < -0.4 is 0 Å². The topological polar surface area (TPSA) is 46.5 Å². The normalized spacial score (nSPS) is 32.2. The van der Waals surface area contributed by atoms with E-state index in [4.69, 9.17) is 9.84 Å². The van der Waals surface area contributed by atoms with Crippen molar-refractivity contribution in [3.63, 3.8) is 0 Å². The van der Waals surface area contributed by atoms with E-state index in [-0.39, 0.29) is 5.41 Å². The third kappa shape index (κ3) is 2.27. The van der Waals surface area contributed by atoms with Crippen LogP contribution in [0.2, 0.25) is 0 Å². The fraction of sp³-hybridized carbons (Fsp3) is 0.909. The van der Waals surface area contributed by atoms with Crippen molar-refractivity contribution >= 4 is 5.97 Å². The van der Waals surface area contributed by atoms with Gasteiger partial charge in [0.1, 0.15) is 0 Å². The maximum Gasteiger partial charge on any atom is 0.335 e. The molecule has 0 amide bonds. The minimum Gasteiger partial charge on any atom is -0.479 e. The highest BCUT2D eigenvalue weighted by Gasteiger charge is 2.41. The van der Waals surface area contributed by atoms with Crippen LogP contribution in [0.3, 0.4) is 0 Å². The van der Waals surface area contributed by atoms with E-state index in [0.717, 1.165) is 19.3 Å². The number of ether oxygens (including phenoxy) is 1. The Morgan fingerprint density at radius 3 is 2.36 bits per heavy atom. The second kappa shape index (κ2) is 3.89. The molecule has 1 fully saturated rings. The molecule has 1 aliphatic rings. The Morgan fingerprint density at radius 2 is 1.86 bits per heavy atom. The van der Waals surface area contributed by atoms with E-state index in [0.29, 0.717) is 12.8 Å². The summed E-state index contributed by atoms with van der Waals surface area (Å²) < 4.78 is 5.21. The molecule has 0 spiro atoms. The summed E-state index contributed by atoms with van der Waals surface area (Å²) in [5.74, 6) is -0.808. The molecule has 1 unspecified atom stereocenters. The van der Waals surface area contributed by atoms with Crippen LogP contribution in [-0.4, -0.2) is 23.8 Å². The zero-order valence-electron chi connectivity index (χ0n) is 9.30. The molecule has 3 nitrogen and oxygen atoms in total. The molecule has 1 atom stereocenters. The lowest BCUT2D eigenvalue weighted by Gasteiger charge is -2.27. The van der Waals surface area contributed by atoms with Gasteiger partial charge in [-0.2, -0.15) is 0 Å². The Balaban J connectivity index is 2.77. The number of rotatable bonds is 2. The zero-order valence-corrected chi connectivity index (χ0v) is 9.30. The predicted molar refractivity (Wildman–Crippen MR) is 54.2 cm³/mol. The van der Waals surface area contributed by atoms with Gasteiger partial charge in [0.2, 0.25) is 0 Å². The van der Waals surface area contributed by atoms with Gasteiger partial charge < -0.3 is 9.84 Å². The Hall–Kier alpha value is -0.570. The molecule has 0 aromatic rings. The van der Waals surface area contributed by atoms with Gasteiger partial charge in [0.15, 0.2) is 5.60 Å². The summed E-state index contributed by atoms with van der Waals surface area (Å²) in [6.45, 7) is 4.39. The second-order valence-electron chi connectivity index (χ2n) is 5.02. The van der Waals surface area contributed by atoms with Gasteiger partial charge in [0.05, 0.1) is 0 Å². The summed E-state index contributed by atoms with van der Waals surface area (Å²) in [5, 5.41) is 9.16. The Labute approximate surface area is 85.5 Å². The van der Waals surface area contributed by atoms with Crippen LogP contribution in [0.25, 0.3) is 0 Å². The fourth-order valence-electron chi connectivity index (χ4n) is 2.15. The molecule has 0 heterocycles. The lowest BCUT2D eigenvalue weighted by atomic mass is 9.84. The number of carboxylic acids is 1. The SMILES string of the molecule is COC1(C(=O)O)CCCC(C)(C)CC1. The average Bonchev–Trinajstić information content (AvgIpc) is 2.25. The highest BCUT2D eigenvalue weighted by Crippen LogP contribution is 2.39. The number of methoxy groups -OCH3 is 1. The third-order valence-electron chi connectivity index (χ3n) is 3.42. The van der Waals surface area contributed by atoms with Crippen molar-refractivity contribution < 1.29 is 14.6 Å². The number of aliphatic carboxylic acids is 1. The smallest absolute Gasteiger partial charge is 0.335 e. The van der Waals surface area contributed by atoms with Gasteiger partial charge in [-0.05, 0) is 37.5 Å². The minimum atomic E-state index is -0.923. The molecule has 82 valence electrons. The van der Waals surface area contributed by atoms with Crippen molar-refractivity contribution in [3.05, 3.63) is 0 Å². The van der Waals surface area contributed by atoms with Crippen LogP contribution in [0.5, 0.6) is 0 Å². The first-order valence-corrected chi connectivity index (χ1v) is 5.20. The molecular formula is C11H20O3. The van der Waals surface area contributed by atoms with Gasteiger partial charge in [-0.25, -0.2) is 4.79 Å². The molecule has 0 radical (unpaired) electrons. The first-order chi connectivity index (χ1) is 6.42. The molecule has 0 aromatic carbocycles. The number of hydrogen-bond donors (Lipinski definition) is 1. The quantitative estimate of drug-likeness (QED) is 0.696. The van der Waals surface area contributed by atoms with Crippen molar-refractivity contribution in [2.45, 2.75) is 51.6 Å². The summed E-state index contributed by atoms with van der Waals surface area (Å²) in [5.41, 5.74) is -0.663. The van der Waals surface area contributed by atoms with Gasteiger partial charge in [-0.1, -0.05) is 13.8 Å². The van der Waals surface area contributed by atoms with Crippen LogP contribution in [0, 0.1) is 5.41 Å². The van der Waals surface area contributed by atoms with Crippen molar-refractivity contribution in [1.29, 1.82) is 0 Å². The zero-order chi connectivity index (χ0) is 10.8. The first kappa shape index (κ1) is 11.5. The van der Waals surface area contributed by atoms with E-state index in [1.807, 2.05) is 0 Å². The molecule has 1 N–H and O–H groups in total. The average molecular weight is 200 g/mol. The van der Waals surface area contributed by atoms with E-state index < -0.39 is 11.6 Å². The predicted octanol–water partition coefficient (Wildman–Crippen LogP) is 2.45. The van der Waals surface area contributed by atoms with Crippen LogP contribution in [0.15, 0.2) is 0 Å². The Bertz CT molecular complexity index is 223. The molecule has 1 aliphatic carbocycles. The number of carboxylic acid groups (broad SMARTS) is 1. The van der Waals surface area contributed by atoms with Crippen molar-refractivity contribution in [2.75, 3.05) is 7.11 Å². The van der Waals surface area contributed by atoms with E-state index >= 15 is 0 Å². The van der Waals surface area contributed by atoms with Crippen LogP contribution in [0.1, 0.15) is 46.0 Å². The molecule has 3 heteroatoms. The number of carbonyl (C=O) groups is 1. The molecule has 0 aromatic heterocycles. The van der Waals surface area contributed by atoms with E-state index in [2.05, 4.69) is 13.8 Å². The monoisotopic (exact) mass is 200 g/mol. The Kier molecular flexibility index (Phi) is 3.20. The molecule has 0 bridgehead atoms. The highest BCUT2D eigenvalue weighted by molar-refractivity contribution is 5.77.